The van der Waals surface area contributed by atoms with E-state index in [-0.39, 0.29) is 10.2 Å². The van der Waals surface area contributed by atoms with Gasteiger partial charge in [-0.25, -0.2) is 9.78 Å². The van der Waals surface area contributed by atoms with Crippen LogP contribution in [0.2, 0.25) is 5.02 Å². The van der Waals surface area contributed by atoms with Gasteiger partial charge in [-0.1, -0.05) is 11.6 Å². The van der Waals surface area contributed by atoms with Crippen molar-refractivity contribution in [3.63, 3.8) is 0 Å². The van der Waals surface area contributed by atoms with Crippen molar-refractivity contribution in [1.82, 2.24) is 9.47 Å². The number of pyridine rings is 1. The van der Waals surface area contributed by atoms with Gasteiger partial charge in [0.25, 0.3) is 0 Å². The number of phenols is 1. The predicted molar refractivity (Wildman–Crippen MR) is 94.5 cm³/mol. The molecule has 2 aromatic carbocycles. The van der Waals surface area contributed by atoms with E-state index in [0.717, 1.165) is 6.41 Å². The Hall–Kier alpha value is -3.20. The first-order valence-corrected chi connectivity index (χ1v) is 7.67. The van der Waals surface area contributed by atoms with Crippen LogP contribution in [0.1, 0.15) is 5.56 Å². The summed E-state index contributed by atoms with van der Waals surface area (Å²) in [5, 5.41) is 19.0. The molecule has 1 atom stereocenters. The Balaban J connectivity index is 2.28. The minimum Gasteiger partial charge on any atom is -0.508 e. The molecule has 0 spiro atoms. The fourth-order valence-electron chi connectivity index (χ4n) is 2.54. The maximum Gasteiger partial charge on any atom is 0.318 e. The Kier molecular flexibility index (Phi) is 4.48. The van der Waals surface area contributed by atoms with Crippen molar-refractivity contribution in [2.75, 3.05) is 0 Å². The lowest BCUT2D eigenvalue weighted by Crippen LogP contribution is -2.38. The molecule has 1 N–H and O–H groups in total. The summed E-state index contributed by atoms with van der Waals surface area (Å²) in [6.07, 6.45) is 2.18. The van der Waals surface area contributed by atoms with E-state index in [0.29, 0.717) is 27.8 Å². The van der Waals surface area contributed by atoms with Crippen molar-refractivity contribution in [3.8, 4) is 11.8 Å². The third-order valence-electron chi connectivity index (χ3n) is 3.79. The van der Waals surface area contributed by atoms with Crippen LogP contribution < -0.4 is 4.48 Å². The molecule has 0 aliphatic rings. The summed E-state index contributed by atoms with van der Waals surface area (Å²) < 4.78 is -0.386. The Bertz CT molecular complexity index is 885. The van der Waals surface area contributed by atoms with Crippen molar-refractivity contribution in [3.05, 3.63) is 77.4 Å². The van der Waals surface area contributed by atoms with Gasteiger partial charge in [-0.3, -0.25) is 0 Å². The summed E-state index contributed by atoms with van der Waals surface area (Å²) in [7, 11) is 0. The second-order valence-electron chi connectivity index (χ2n) is 5.25. The Morgan fingerprint density at radius 1 is 1.16 bits per heavy atom. The minimum absolute atomic E-state index is 0.0386. The maximum absolute atomic E-state index is 12.3. The predicted octanol–water partition coefficient (Wildman–Crippen LogP) is 4.24. The zero-order chi connectivity index (χ0) is 17.9. The topological polar surface area (TPSA) is 74.0 Å². The molecular formula is C19H12ClN3O2+. The first-order valence-electron chi connectivity index (χ1n) is 7.29. The van der Waals surface area contributed by atoms with E-state index in [1.165, 1.54) is 18.3 Å². The number of halogens is 1. The second kappa shape index (κ2) is 6.73. The number of phenolic OH excluding ortho intramolecular Hbond substituents is 1. The van der Waals surface area contributed by atoms with E-state index in [1.54, 1.807) is 42.5 Å². The molecule has 0 aliphatic carbocycles. The molecule has 121 valence electrons. The summed E-state index contributed by atoms with van der Waals surface area (Å²) in [4.78, 5) is 16.6. The Morgan fingerprint density at radius 3 is 2.44 bits per heavy atom. The van der Waals surface area contributed by atoms with E-state index >= 15 is 0 Å². The minimum atomic E-state index is -0.386. The number of carbonyl (C=O) groups excluding carboxylic acids is 1. The summed E-state index contributed by atoms with van der Waals surface area (Å²) in [6, 6.07) is 19.3. The van der Waals surface area contributed by atoms with Gasteiger partial charge in [-0.2, -0.15) is 5.26 Å². The number of hydrogen-bond donors (Lipinski definition) is 1. The number of nitriles is 1. The summed E-state index contributed by atoms with van der Waals surface area (Å²) >= 11 is 5.92. The molecule has 1 unspecified atom stereocenters. The van der Waals surface area contributed by atoms with Crippen LogP contribution in [0.3, 0.4) is 0 Å². The number of carbonyl (C=O) groups is 1. The van der Waals surface area contributed by atoms with Crippen LogP contribution in [0.25, 0.3) is 0 Å². The van der Waals surface area contributed by atoms with Crippen molar-refractivity contribution < 1.29 is 9.90 Å². The van der Waals surface area contributed by atoms with Crippen molar-refractivity contribution in [2.24, 2.45) is 0 Å². The number of nitrogens with zero attached hydrogens (tertiary/aromatic N) is 3. The molecule has 5 nitrogen and oxygen atoms in total. The monoisotopic (exact) mass is 349 g/mol. The Morgan fingerprint density at radius 2 is 1.92 bits per heavy atom. The first kappa shape index (κ1) is 16.7. The van der Waals surface area contributed by atoms with Crippen LogP contribution in [-0.2, 0) is 4.79 Å². The second-order valence-corrected chi connectivity index (χ2v) is 5.69. The van der Waals surface area contributed by atoms with Gasteiger partial charge in [-0.15, -0.1) is 4.48 Å². The molecule has 0 aliphatic heterocycles. The third kappa shape index (κ3) is 2.96. The van der Waals surface area contributed by atoms with E-state index in [2.05, 4.69) is 11.1 Å². The highest BCUT2D eigenvalue weighted by Gasteiger charge is 2.38. The molecule has 1 aromatic heterocycles. The van der Waals surface area contributed by atoms with Crippen LogP contribution in [0.4, 0.5) is 17.2 Å². The molecular weight excluding hydrogens is 338 g/mol. The largest absolute Gasteiger partial charge is 0.508 e. The van der Waals surface area contributed by atoms with Crippen LogP contribution in [0.15, 0.2) is 60.8 Å². The van der Waals surface area contributed by atoms with Gasteiger partial charge in [0.1, 0.15) is 5.75 Å². The average molecular weight is 350 g/mol. The fourth-order valence-corrected chi connectivity index (χ4v) is 2.65. The quantitative estimate of drug-likeness (QED) is 0.564. The molecule has 1 amide bonds. The maximum atomic E-state index is 12.3. The fraction of sp³-hybridized carbons (Fsp3) is 0. The van der Waals surface area contributed by atoms with Gasteiger partial charge < -0.3 is 5.11 Å². The smallest absolute Gasteiger partial charge is 0.318 e. The van der Waals surface area contributed by atoms with Gasteiger partial charge in [0, 0.05) is 24.3 Å². The lowest BCUT2D eigenvalue weighted by atomic mass is 10.1. The zero-order valence-electron chi connectivity index (χ0n) is 12.9. The van der Waals surface area contributed by atoms with Crippen LogP contribution in [0.5, 0.6) is 5.75 Å². The van der Waals surface area contributed by atoms with E-state index in [1.807, 2.05) is 6.07 Å². The average Bonchev–Trinajstić information content (AvgIpc) is 2.66. The number of amides is 1. The highest BCUT2D eigenvalue weighted by molar-refractivity contribution is 6.30. The van der Waals surface area contributed by atoms with Crippen molar-refractivity contribution in [2.45, 2.75) is 0 Å². The number of aromatic nitrogens is 1. The number of benzene rings is 2. The van der Waals surface area contributed by atoms with Gasteiger partial charge in [0.15, 0.2) is 11.4 Å². The number of hydrogen-bond acceptors (Lipinski definition) is 4. The summed E-state index contributed by atoms with van der Waals surface area (Å²) in [6.45, 7) is 0. The molecule has 0 saturated carbocycles. The third-order valence-corrected chi connectivity index (χ3v) is 4.02. The molecule has 6 heteroatoms. The van der Waals surface area contributed by atoms with Crippen molar-refractivity contribution in [1.29, 1.82) is 5.26 Å². The lowest BCUT2D eigenvalue weighted by molar-refractivity contribution is -0.113. The first-order chi connectivity index (χ1) is 12.1. The standard InChI is InChI=1S/C19H11ClN3O2/c20-15-3-10-19(22-12-15)23(13-24,17-6-8-18(25)9-7-17)16-4-1-14(11-21)2-5-16/h1-6,8-10,12-13H/p+1. The molecule has 0 saturated heterocycles. The van der Waals surface area contributed by atoms with Gasteiger partial charge in [0.2, 0.25) is 5.82 Å². The van der Waals surface area contributed by atoms with E-state index < -0.39 is 0 Å². The van der Waals surface area contributed by atoms with Crippen LogP contribution in [-0.4, -0.2) is 16.5 Å². The summed E-state index contributed by atoms with van der Waals surface area (Å²) in [5.41, 5.74) is 1.52. The number of aromatic hydroxyl groups is 1. The molecule has 3 aromatic rings. The lowest BCUT2D eigenvalue weighted by Gasteiger charge is -2.29. The van der Waals surface area contributed by atoms with E-state index in [4.69, 9.17) is 16.9 Å². The molecule has 1 radical (unpaired) electrons. The van der Waals surface area contributed by atoms with E-state index in [9.17, 15) is 9.90 Å². The Labute approximate surface area is 149 Å². The molecule has 25 heavy (non-hydrogen) atoms. The van der Waals surface area contributed by atoms with Crippen molar-refractivity contribution >= 4 is 35.2 Å². The van der Waals surface area contributed by atoms with Crippen LogP contribution >= 0.6 is 11.6 Å². The normalized spacial score (nSPS) is 12.8. The number of rotatable bonds is 4. The number of quaternary nitrogens is 1. The van der Waals surface area contributed by atoms with Gasteiger partial charge >= 0.3 is 6.41 Å². The molecule has 1 heterocycles. The van der Waals surface area contributed by atoms with Gasteiger partial charge in [-0.05, 0) is 30.3 Å². The highest BCUT2D eigenvalue weighted by atomic mass is 35.5. The zero-order valence-corrected chi connectivity index (χ0v) is 13.7. The molecule has 0 bridgehead atoms. The van der Waals surface area contributed by atoms with Crippen LogP contribution in [0, 0.1) is 17.4 Å². The SMILES string of the molecule is N#Cc1ccc([N+](C=O)(c2[c]cc(O)cc2)c2ccc(Cl)cn2)cc1. The highest BCUT2D eigenvalue weighted by Crippen LogP contribution is 2.41. The molecule has 3 rings (SSSR count). The summed E-state index contributed by atoms with van der Waals surface area (Å²) in [5.74, 6) is 0.447. The molecule has 0 fully saturated rings. The van der Waals surface area contributed by atoms with Gasteiger partial charge in [0.05, 0.1) is 28.9 Å².